The summed E-state index contributed by atoms with van der Waals surface area (Å²) in [6.07, 6.45) is 1.58. The fourth-order valence-electron chi connectivity index (χ4n) is 1.30. The van der Waals surface area contributed by atoms with Gasteiger partial charge in [-0.05, 0) is 36.4 Å². The van der Waals surface area contributed by atoms with Crippen LogP contribution >= 0.6 is 0 Å². The van der Waals surface area contributed by atoms with Crippen molar-refractivity contribution in [2.75, 3.05) is 11.9 Å². The van der Waals surface area contributed by atoms with Crippen LogP contribution in [0.15, 0.2) is 48.7 Å². The topological polar surface area (TPSA) is 51.2 Å². The summed E-state index contributed by atoms with van der Waals surface area (Å²) in [6, 6.07) is 10.7. The number of amides is 1. The molecule has 2 aromatic rings. The van der Waals surface area contributed by atoms with Crippen molar-refractivity contribution >= 4 is 11.7 Å². The van der Waals surface area contributed by atoms with Gasteiger partial charge in [0.05, 0.1) is 0 Å². The number of pyridine rings is 1. The quantitative estimate of drug-likeness (QED) is 0.900. The number of halogens is 1. The first kappa shape index (κ1) is 12.0. The van der Waals surface area contributed by atoms with E-state index in [1.165, 1.54) is 24.3 Å². The third-order valence-corrected chi connectivity index (χ3v) is 2.12. The molecule has 0 atom stereocenters. The predicted molar refractivity (Wildman–Crippen MR) is 64.8 cm³/mol. The highest BCUT2D eigenvalue weighted by molar-refractivity contribution is 5.90. The number of benzene rings is 1. The van der Waals surface area contributed by atoms with Crippen LogP contribution < -0.4 is 10.1 Å². The van der Waals surface area contributed by atoms with Gasteiger partial charge in [-0.1, -0.05) is 6.07 Å². The van der Waals surface area contributed by atoms with Crippen molar-refractivity contribution < 1.29 is 13.9 Å². The Morgan fingerprint density at radius 2 is 2.00 bits per heavy atom. The van der Waals surface area contributed by atoms with E-state index in [2.05, 4.69) is 10.3 Å². The molecular formula is C13H11FN2O2. The Bertz CT molecular complexity index is 514. The van der Waals surface area contributed by atoms with Gasteiger partial charge >= 0.3 is 0 Å². The smallest absolute Gasteiger partial charge is 0.263 e. The maximum absolute atomic E-state index is 12.6. The van der Waals surface area contributed by atoms with Crippen LogP contribution in [-0.2, 0) is 4.79 Å². The Balaban J connectivity index is 1.83. The molecule has 1 N–H and O–H groups in total. The number of aromatic nitrogens is 1. The zero-order valence-corrected chi connectivity index (χ0v) is 9.47. The average molecular weight is 246 g/mol. The molecule has 18 heavy (non-hydrogen) atoms. The summed E-state index contributed by atoms with van der Waals surface area (Å²) in [7, 11) is 0. The van der Waals surface area contributed by atoms with Gasteiger partial charge in [-0.25, -0.2) is 9.37 Å². The maximum Gasteiger partial charge on any atom is 0.263 e. The van der Waals surface area contributed by atoms with E-state index in [9.17, 15) is 9.18 Å². The number of hydrogen-bond acceptors (Lipinski definition) is 3. The predicted octanol–water partition coefficient (Wildman–Crippen LogP) is 2.24. The first-order valence-corrected chi connectivity index (χ1v) is 5.33. The number of anilines is 1. The van der Waals surface area contributed by atoms with Crippen LogP contribution in [0.2, 0.25) is 0 Å². The minimum Gasteiger partial charge on any atom is -0.484 e. The van der Waals surface area contributed by atoms with Crippen molar-refractivity contribution in [3.8, 4) is 5.75 Å². The van der Waals surface area contributed by atoms with Crippen LogP contribution in [0.5, 0.6) is 5.75 Å². The molecule has 4 nitrogen and oxygen atoms in total. The van der Waals surface area contributed by atoms with Crippen molar-refractivity contribution in [2.24, 2.45) is 0 Å². The molecule has 0 aliphatic rings. The summed E-state index contributed by atoms with van der Waals surface area (Å²) in [4.78, 5) is 15.5. The molecule has 1 amide bonds. The molecule has 0 aliphatic heterocycles. The van der Waals surface area contributed by atoms with Crippen LogP contribution in [0, 0.1) is 5.82 Å². The van der Waals surface area contributed by atoms with Gasteiger partial charge in [-0.2, -0.15) is 0 Å². The van der Waals surface area contributed by atoms with Crippen LogP contribution in [0.1, 0.15) is 0 Å². The molecule has 0 spiro atoms. The van der Waals surface area contributed by atoms with Crippen molar-refractivity contribution in [3.05, 3.63) is 54.5 Å². The van der Waals surface area contributed by atoms with Crippen molar-refractivity contribution in [1.82, 2.24) is 4.98 Å². The number of carbonyl (C=O) groups excluding carboxylic acids is 1. The van der Waals surface area contributed by atoms with Crippen molar-refractivity contribution in [3.63, 3.8) is 0 Å². The van der Waals surface area contributed by atoms with Crippen LogP contribution in [0.3, 0.4) is 0 Å². The number of nitrogens with one attached hydrogen (secondary N) is 1. The van der Waals surface area contributed by atoms with Gasteiger partial charge in [-0.15, -0.1) is 0 Å². The normalized spacial score (nSPS) is 9.83. The van der Waals surface area contributed by atoms with Crippen molar-refractivity contribution in [2.45, 2.75) is 0 Å². The molecule has 1 heterocycles. The molecule has 0 fully saturated rings. The molecule has 0 unspecified atom stereocenters. The summed E-state index contributed by atoms with van der Waals surface area (Å²) < 4.78 is 17.8. The van der Waals surface area contributed by atoms with E-state index in [4.69, 9.17) is 4.74 Å². The largest absolute Gasteiger partial charge is 0.484 e. The summed E-state index contributed by atoms with van der Waals surface area (Å²) in [5, 5.41) is 2.57. The third-order valence-electron chi connectivity index (χ3n) is 2.12. The molecule has 1 aromatic carbocycles. The van der Waals surface area contributed by atoms with Crippen molar-refractivity contribution in [1.29, 1.82) is 0 Å². The zero-order chi connectivity index (χ0) is 12.8. The standard InChI is InChI=1S/C13H11FN2O2/c14-10-4-6-11(7-5-10)18-9-13(17)16-12-3-1-2-8-15-12/h1-8H,9H2,(H,15,16,17). The van der Waals surface area contributed by atoms with E-state index in [-0.39, 0.29) is 18.3 Å². The minimum absolute atomic E-state index is 0.151. The summed E-state index contributed by atoms with van der Waals surface area (Å²) in [6.45, 7) is -0.151. The summed E-state index contributed by atoms with van der Waals surface area (Å²) >= 11 is 0. The van der Waals surface area contributed by atoms with Gasteiger partial charge < -0.3 is 10.1 Å². The van der Waals surface area contributed by atoms with Crippen LogP contribution in [-0.4, -0.2) is 17.5 Å². The molecular weight excluding hydrogens is 235 g/mol. The van der Waals surface area contributed by atoms with Crippen LogP contribution in [0.4, 0.5) is 10.2 Å². The van der Waals surface area contributed by atoms with E-state index in [0.29, 0.717) is 11.6 Å². The van der Waals surface area contributed by atoms with Crippen LogP contribution in [0.25, 0.3) is 0 Å². The second-order valence-corrected chi connectivity index (χ2v) is 3.51. The van der Waals surface area contributed by atoms with E-state index in [1.807, 2.05) is 0 Å². The minimum atomic E-state index is -0.347. The highest BCUT2D eigenvalue weighted by Crippen LogP contribution is 2.10. The first-order chi connectivity index (χ1) is 8.74. The van der Waals surface area contributed by atoms with E-state index in [0.717, 1.165) is 0 Å². The van der Waals surface area contributed by atoms with Gasteiger partial charge in [0, 0.05) is 6.20 Å². The third kappa shape index (κ3) is 3.55. The summed E-state index contributed by atoms with van der Waals surface area (Å²) in [5.74, 6) is 0.232. The monoisotopic (exact) mass is 246 g/mol. The number of carbonyl (C=O) groups is 1. The lowest BCUT2D eigenvalue weighted by Gasteiger charge is -2.06. The SMILES string of the molecule is O=C(COc1ccc(F)cc1)Nc1ccccn1. The van der Waals surface area contributed by atoms with Gasteiger partial charge in [0.1, 0.15) is 17.4 Å². The molecule has 5 heteroatoms. The molecule has 0 bridgehead atoms. The lowest BCUT2D eigenvalue weighted by atomic mass is 10.3. The lowest BCUT2D eigenvalue weighted by Crippen LogP contribution is -2.20. The van der Waals surface area contributed by atoms with Gasteiger partial charge in [-0.3, -0.25) is 4.79 Å². The highest BCUT2D eigenvalue weighted by atomic mass is 19.1. The number of hydrogen-bond donors (Lipinski definition) is 1. The molecule has 0 saturated carbocycles. The Labute approximate surface area is 103 Å². The number of ether oxygens (including phenoxy) is 1. The second kappa shape index (κ2) is 5.77. The molecule has 1 aromatic heterocycles. The molecule has 0 radical (unpaired) electrons. The highest BCUT2D eigenvalue weighted by Gasteiger charge is 2.04. The number of nitrogens with zero attached hydrogens (tertiary/aromatic N) is 1. The molecule has 92 valence electrons. The second-order valence-electron chi connectivity index (χ2n) is 3.51. The fourth-order valence-corrected chi connectivity index (χ4v) is 1.30. The number of rotatable bonds is 4. The fraction of sp³-hybridized carbons (Fsp3) is 0.0769. The van der Waals surface area contributed by atoms with E-state index >= 15 is 0 Å². The van der Waals surface area contributed by atoms with E-state index in [1.54, 1.807) is 24.4 Å². The Morgan fingerprint density at radius 1 is 1.22 bits per heavy atom. The first-order valence-electron chi connectivity index (χ1n) is 5.33. The lowest BCUT2D eigenvalue weighted by molar-refractivity contribution is -0.118. The molecule has 2 rings (SSSR count). The molecule has 0 saturated heterocycles. The van der Waals surface area contributed by atoms with E-state index < -0.39 is 0 Å². The van der Waals surface area contributed by atoms with Gasteiger partial charge in [0.15, 0.2) is 6.61 Å². The Hall–Kier alpha value is -2.43. The Kier molecular flexibility index (Phi) is 3.86. The van der Waals surface area contributed by atoms with Gasteiger partial charge in [0.2, 0.25) is 0 Å². The van der Waals surface area contributed by atoms with Gasteiger partial charge in [0.25, 0.3) is 5.91 Å². The maximum atomic E-state index is 12.6. The Morgan fingerprint density at radius 3 is 2.67 bits per heavy atom. The zero-order valence-electron chi connectivity index (χ0n) is 9.47. The molecule has 0 aliphatic carbocycles. The average Bonchev–Trinajstić information content (AvgIpc) is 2.39. The summed E-state index contributed by atoms with van der Waals surface area (Å²) in [5.41, 5.74) is 0.